The number of amides is 1. The number of benzene rings is 1. The van der Waals surface area contributed by atoms with Crippen molar-refractivity contribution in [1.82, 2.24) is 29.6 Å². The molecular weight excluding hydrogens is 394 g/mol. The van der Waals surface area contributed by atoms with Gasteiger partial charge in [-0.2, -0.15) is 14.3 Å². The molecule has 158 valence electrons. The van der Waals surface area contributed by atoms with Crippen molar-refractivity contribution in [2.75, 3.05) is 11.9 Å². The average Bonchev–Trinajstić information content (AvgIpc) is 3.36. The zero-order chi connectivity index (χ0) is 21.5. The molecule has 5 rings (SSSR count). The van der Waals surface area contributed by atoms with E-state index in [2.05, 4.69) is 34.5 Å². The fourth-order valence-electron chi connectivity index (χ4n) is 3.89. The van der Waals surface area contributed by atoms with E-state index in [0.717, 1.165) is 22.6 Å². The summed E-state index contributed by atoms with van der Waals surface area (Å²) in [7, 11) is 0. The summed E-state index contributed by atoms with van der Waals surface area (Å²) in [5.74, 6) is 2.38. The first-order valence-corrected chi connectivity index (χ1v) is 10.3. The van der Waals surface area contributed by atoms with Gasteiger partial charge in [-0.05, 0) is 42.7 Å². The van der Waals surface area contributed by atoms with E-state index in [4.69, 9.17) is 9.84 Å². The molecule has 1 atom stereocenters. The van der Waals surface area contributed by atoms with Gasteiger partial charge in [-0.25, -0.2) is 0 Å². The Bertz CT molecular complexity index is 1260. The lowest BCUT2D eigenvalue weighted by Gasteiger charge is -2.24. The highest BCUT2D eigenvalue weighted by molar-refractivity contribution is 5.95. The maximum absolute atomic E-state index is 12.6. The number of aromatic nitrogens is 6. The van der Waals surface area contributed by atoms with Crippen molar-refractivity contribution >= 4 is 17.4 Å². The van der Waals surface area contributed by atoms with Crippen molar-refractivity contribution in [2.45, 2.75) is 33.1 Å². The quantitative estimate of drug-likeness (QED) is 0.536. The molecule has 0 saturated carbocycles. The SMILES string of the molecule is Cc1nn(-c2ccc3nncn3n2)c2c1[C@@H](c1ccc(OCC(C)C)cc1)CC(=O)N2. The number of anilines is 1. The Labute approximate surface area is 179 Å². The molecule has 0 radical (unpaired) electrons. The van der Waals surface area contributed by atoms with Crippen molar-refractivity contribution in [1.29, 1.82) is 0 Å². The van der Waals surface area contributed by atoms with Crippen molar-refractivity contribution in [3.63, 3.8) is 0 Å². The molecule has 0 bridgehead atoms. The fourth-order valence-corrected chi connectivity index (χ4v) is 3.89. The van der Waals surface area contributed by atoms with Crippen LogP contribution in [0.25, 0.3) is 11.5 Å². The van der Waals surface area contributed by atoms with E-state index < -0.39 is 0 Å². The van der Waals surface area contributed by atoms with E-state index in [1.807, 2.05) is 43.3 Å². The van der Waals surface area contributed by atoms with Crippen molar-refractivity contribution in [3.8, 4) is 11.6 Å². The number of nitrogens with zero attached hydrogens (tertiary/aromatic N) is 6. The van der Waals surface area contributed by atoms with Crippen LogP contribution < -0.4 is 10.1 Å². The van der Waals surface area contributed by atoms with Crippen LogP contribution in [0.3, 0.4) is 0 Å². The van der Waals surface area contributed by atoms with Gasteiger partial charge in [0.1, 0.15) is 17.9 Å². The van der Waals surface area contributed by atoms with Gasteiger partial charge in [-0.3, -0.25) is 4.79 Å². The minimum atomic E-state index is -0.0877. The summed E-state index contributed by atoms with van der Waals surface area (Å²) >= 11 is 0. The highest BCUT2D eigenvalue weighted by Gasteiger charge is 2.33. The number of rotatable bonds is 5. The van der Waals surface area contributed by atoms with Crippen molar-refractivity contribution < 1.29 is 9.53 Å². The topological polar surface area (TPSA) is 99.2 Å². The molecule has 3 aromatic heterocycles. The van der Waals surface area contributed by atoms with Crippen LogP contribution in [-0.4, -0.2) is 42.1 Å². The molecule has 1 N–H and O–H groups in total. The molecule has 9 heteroatoms. The second-order valence-electron chi connectivity index (χ2n) is 8.16. The molecule has 1 aliphatic rings. The maximum atomic E-state index is 12.6. The first kappa shape index (κ1) is 19.2. The van der Waals surface area contributed by atoms with Crippen molar-refractivity contribution in [3.05, 3.63) is 59.5 Å². The molecule has 0 saturated heterocycles. The second-order valence-corrected chi connectivity index (χ2v) is 8.16. The van der Waals surface area contributed by atoms with E-state index >= 15 is 0 Å². The molecule has 0 unspecified atom stereocenters. The number of fused-ring (bicyclic) bond motifs is 2. The number of ether oxygens (including phenoxy) is 1. The first-order valence-electron chi connectivity index (χ1n) is 10.3. The van der Waals surface area contributed by atoms with Gasteiger partial charge < -0.3 is 10.1 Å². The van der Waals surface area contributed by atoms with Crippen LogP contribution in [0.2, 0.25) is 0 Å². The summed E-state index contributed by atoms with van der Waals surface area (Å²) in [6.07, 6.45) is 1.90. The Kier molecular flexibility index (Phi) is 4.65. The van der Waals surface area contributed by atoms with E-state index in [1.165, 1.54) is 6.33 Å². The van der Waals surface area contributed by atoms with Gasteiger partial charge in [0.25, 0.3) is 0 Å². The molecule has 1 amide bonds. The molecule has 0 spiro atoms. The molecular formula is C22H23N7O2. The highest BCUT2D eigenvalue weighted by Crippen LogP contribution is 2.40. The Hall–Kier alpha value is -3.75. The lowest BCUT2D eigenvalue weighted by Crippen LogP contribution is -2.25. The number of hydrogen-bond acceptors (Lipinski definition) is 6. The van der Waals surface area contributed by atoms with E-state index in [-0.39, 0.29) is 11.8 Å². The molecule has 0 fully saturated rings. The highest BCUT2D eigenvalue weighted by atomic mass is 16.5. The van der Waals surface area contributed by atoms with Crippen LogP contribution in [0, 0.1) is 12.8 Å². The van der Waals surface area contributed by atoms with Crippen LogP contribution in [0.5, 0.6) is 5.75 Å². The summed E-state index contributed by atoms with van der Waals surface area (Å²) in [6.45, 7) is 6.86. The van der Waals surface area contributed by atoms with Crippen LogP contribution in [0.15, 0.2) is 42.7 Å². The Morgan fingerprint density at radius 1 is 1.16 bits per heavy atom. The number of carbonyl (C=O) groups is 1. The fraction of sp³-hybridized carbons (Fsp3) is 0.318. The van der Waals surface area contributed by atoms with Crippen LogP contribution in [0.1, 0.15) is 43.0 Å². The van der Waals surface area contributed by atoms with Crippen molar-refractivity contribution in [2.24, 2.45) is 5.92 Å². The number of nitrogens with one attached hydrogen (secondary N) is 1. The zero-order valence-electron chi connectivity index (χ0n) is 17.6. The monoisotopic (exact) mass is 417 g/mol. The third-order valence-corrected chi connectivity index (χ3v) is 5.33. The summed E-state index contributed by atoms with van der Waals surface area (Å²) in [5.41, 5.74) is 3.55. The lowest BCUT2D eigenvalue weighted by atomic mass is 9.86. The molecule has 9 nitrogen and oxygen atoms in total. The Balaban J connectivity index is 1.52. The van der Waals surface area contributed by atoms with Gasteiger partial charge in [0, 0.05) is 17.9 Å². The van der Waals surface area contributed by atoms with Gasteiger partial charge >= 0.3 is 0 Å². The minimum absolute atomic E-state index is 0.0517. The predicted molar refractivity (Wildman–Crippen MR) is 115 cm³/mol. The number of carbonyl (C=O) groups excluding carboxylic acids is 1. The third kappa shape index (κ3) is 3.52. The summed E-state index contributed by atoms with van der Waals surface area (Å²) in [4.78, 5) is 12.6. The van der Waals surface area contributed by atoms with Gasteiger partial charge in [-0.15, -0.1) is 15.3 Å². The standard InChI is InChI=1S/C22H23N7O2/c1-13(2)11-31-16-6-4-15(5-7-16)17-10-20(30)24-22-21(17)14(3)26-29(22)19-9-8-18-25-23-12-28(18)27-19/h4-9,12-13,17H,10-11H2,1-3H3,(H,24,30)/t17-/m1/s1. The summed E-state index contributed by atoms with van der Waals surface area (Å²) in [5, 5.41) is 20.0. The molecule has 4 heterocycles. The first-order chi connectivity index (χ1) is 15.0. The zero-order valence-corrected chi connectivity index (χ0v) is 17.6. The average molecular weight is 417 g/mol. The predicted octanol–water partition coefficient (Wildman–Crippen LogP) is 3.13. The third-order valence-electron chi connectivity index (χ3n) is 5.33. The lowest BCUT2D eigenvalue weighted by molar-refractivity contribution is -0.116. The van der Waals surface area contributed by atoms with Gasteiger partial charge in [0.05, 0.1) is 12.3 Å². The summed E-state index contributed by atoms with van der Waals surface area (Å²) in [6, 6.07) is 11.6. The Morgan fingerprint density at radius 2 is 1.97 bits per heavy atom. The summed E-state index contributed by atoms with van der Waals surface area (Å²) < 4.78 is 9.05. The maximum Gasteiger partial charge on any atom is 0.226 e. The molecule has 1 aliphatic heterocycles. The minimum Gasteiger partial charge on any atom is -0.493 e. The normalized spacial score (nSPS) is 15.9. The van der Waals surface area contributed by atoms with Gasteiger partial charge in [-0.1, -0.05) is 26.0 Å². The molecule has 0 aliphatic carbocycles. The van der Waals surface area contributed by atoms with E-state index in [9.17, 15) is 4.79 Å². The second kappa shape index (κ2) is 7.50. The molecule has 4 aromatic rings. The van der Waals surface area contributed by atoms with E-state index in [0.29, 0.717) is 36.2 Å². The van der Waals surface area contributed by atoms with Crippen LogP contribution in [-0.2, 0) is 4.79 Å². The van der Waals surface area contributed by atoms with Gasteiger partial charge in [0.2, 0.25) is 5.91 Å². The van der Waals surface area contributed by atoms with Crippen LogP contribution >= 0.6 is 0 Å². The molecule has 31 heavy (non-hydrogen) atoms. The smallest absolute Gasteiger partial charge is 0.226 e. The van der Waals surface area contributed by atoms with Gasteiger partial charge in [0.15, 0.2) is 11.5 Å². The number of hydrogen-bond donors (Lipinski definition) is 1. The van der Waals surface area contributed by atoms with E-state index in [1.54, 1.807) is 9.20 Å². The number of aryl methyl sites for hydroxylation is 1. The Morgan fingerprint density at radius 3 is 2.74 bits per heavy atom. The van der Waals surface area contributed by atoms with Crippen LogP contribution in [0.4, 0.5) is 5.82 Å². The molecule has 1 aromatic carbocycles. The largest absolute Gasteiger partial charge is 0.493 e.